The Morgan fingerprint density at radius 1 is 1.29 bits per heavy atom. The van der Waals surface area contributed by atoms with Crippen LogP contribution in [0.1, 0.15) is 37.8 Å². The molecule has 126 valence electrons. The topological polar surface area (TPSA) is 64.6 Å². The fourth-order valence-electron chi connectivity index (χ4n) is 2.62. The number of hydrogen-bond acceptors (Lipinski definition) is 4. The van der Waals surface area contributed by atoms with E-state index in [4.69, 9.17) is 13.6 Å². The molecular formula is C19H21NO4. The molecular weight excluding hydrogens is 306 g/mol. The van der Waals surface area contributed by atoms with Crippen LogP contribution in [0.3, 0.4) is 0 Å². The fourth-order valence-corrected chi connectivity index (χ4v) is 2.62. The Bertz CT molecular complexity index is 804. The standard InChI is InChI=1S/C19H21NO4/c1-3-22-16-8-4-6-14-12-17(24-19(14)16)13(2)20-18(21)10-9-15-7-5-11-23-15/h4-8,11-13H,3,9-10H2,1-2H3,(H,20,21). The number of rotatable bonds is 7. The number of fused-ring (bicyclic) bond motifs is 1. The molecule has 0 saturated carbocycles. The number of hydrogen-bond donors (Lipinski definition) is 1. The second kappa shape index (κ2) is 7.25. The number of benzene rings is 1. The highest BCUT2D eigenvalue weighted by atomic mass is 16.5. The minimum atomic E-state index is -0.212. The molecule has 0 aliphatic carbocycles. The molecule has 3 rings (SSSR count). The molecule has 5 nitrogen and oxygen atoms in total. The minimum absolute atomic E-state index is 0.0376. The van der Waals surface area contributed by atoms with Gasteiger partial charge in [-0.1, -0.05) is 12.1 Å². The molecule has 0 fully saturated rings. The summed E-state index contributed by atoms with van der Waals surface area (Å²) >= 11 is 0. The molecule has 2 heterocycles. The summed E-state index contributed by atoms with van der Waals surface area (Å²) in [5, 5.41) is 3.92. The molecule has 3 aromatic rings. The van der Waals surface area contributed by atoms with Crippen molar-refractivity contribution in [3.63, 3.8) is 0 Å². The van der Waals surface area contributed by atoms with E-state index in [0.29, 0.717) is 30.8 Å². The van der Waals surface area contributed by atoms with Crippen LogP contribution < -0.4 is 10.1 Å². The van der Waals surface area contributed by atoms with Crippen molar-refractivity contribution in [1.82, 2.24) is 5.32 Å². The van der Waals surface area contributed by atoms with Crippen LogP contribution in [0, 0.1) is 0 Å². The highest BCUT2D eigenvalue weighted by Gasteiger charge is 2.16. The predicted molar refractivity (Wildman–Crippen MR) is 91.0 cm³/mol. The molecule has 0 aliphatic rings. The third-order valence-electron chi connectivity index (χ3n) is 3.81. The molecule has 1 N–H and O–H groups in total. The van der Waals surface area contributed by atoms with Crippen molar-refractivity contribution in [2.45, 2.75) is 32.7 Å². The molecule has 1 aromatic carbocycles. The van der Waals surface area contributed by atoms with Gasteiger partial charge in [0.1, 0.15) is 11.5 Å². The van der Waals surface area contributed by atoms with Crippen molar-refractivity contribution < 1.29 is 18.4 Å². The molecule has 1 unspecified atom stereocenters. The van der Waals surface area contributed by atoms with Crippen LogP contribution in [-0.4, -0.2) is 12.5 Å². The smallest absolute Gasteiger partial charge is 0.221 e. The summed E-state index contributed by atoms with van der Waals surface area (Å²) in [6.45, 7) is 4.42. The van der Waals surface area contributed by atoms with Crippen molar-refractivity contribution in [3.05, 3.63) is 54.2 Å². The van der Waals surface area contributed by atoms with Gasteiger partial charge < -0.3 is 18.9 Å². The molecule has 0 saturated heterocycles. The maximum atomic E-state index is 12.1. The monoisotopic (exact) mass is 327 g/mol. The summed E-state index contributed by atoms with van der Waals surface area (Å²) in [7, 11) is 0. The zero-order valence-corrected chi connectivity index (χ0v) is 13.9. The van der Waals surface area contributed by atoms with Crippen LogP contribution >= 0.6 is 0 Å². The summed E-state index contributed by atoms with van der Waals surface area (Å²) in [5.74, 6) is 2.20. The van der Waals surface area contributed by atoms with Gasteiger partial charge in [0.15, 0.2) is 11.3 Å². The Morgan fingerprint density at radius 3 is 2.92 bits per heavy atom. The Morgan fingerprint density at radius 2 is 2.17 bits per heavy atom. The van der Waals surface area contributed by atoms with Crippen molar-refractivity contribution in [3.8, 4) is 5.75 Å². The van der Waals surface area contributed by atoms with Crippen LogP contribution in [0.2, 0.25) is 0 Å². The lowest BCUT2D eigenvalue weighted by Gasteiger charge is -2.11. The Balaban J connectivity index is 1.66. The molecule has 24 heavy (non-hydrogen) atoms. The molecule has 0 radical (unpaired) electrons. The van der Waals surface area contributed by atoms with E-state index in [1.165, 1.54) is 0 Å². The van der Waals surface area contributed by atoms with Gasteiger partial charge in [-0.05, 0) is 38.1 Å². The Hall–Kier alpha value is -2.69. The van der Waals surface area contributed by atoms with Crippen molar-refractivity contribution in [2.24, 2.45) is 0 Å². The van der Waals surface area contributed by atoms with Crippen LogP contribution in [-0.2, 0) is 11.2 Å². The lowest BCUT2D eigenvalue weighted by atomic mass is 10.2. The summed E-state index contributed by atoms with van der Waals surface area (Å²) in [5.41, 5.74) is 0.714. The second-order valence-electron chi connectivity index (χ2n) is 5.62. The minimum Gasteiger partial charge on any atom is -0.490 e. The Labute approximate surface area is 140 Å². The van der Waals surface area contributed by atoms with Gasteiger partial charge in [0.25, 0.3) is 0 Å². The van der Waals surface area contributed by atoms with Crippen molar-refractivity contribution in [2.75, 3.05) is 6.61 Å². The van der Waals surface area contributed by atoms with Crippen LogP contribution in [0.25, 0.3) is 11.0 Å². The number of para-hydroxylation sites is 1. The number of carbonyl (C=O) groups excluding carboxylic acids is 1. The molecule has 0 aliphatic heterocycles. The molecule has 0 spiro atoms. The van der Waals surface area contributed by atoms with E-state index in [9.17, 15) is 4.79 Å². The maximum Gasteiger partial charge on any atom is 0.221 e. The third kappa shape index (κ3) is 3.62. The third-order valence-corrected chi connectivity index (χ3v) is 3.81. The summed E-state index contributed by atoms with van der Waals surface area (Å²) in [6.07, 6.45) is 2.57. The molecule has 0 bridgehead atoms. The zero-order valence-electron chi connectivity index (χ0n) is 13.9. The van der Waals surface area contributed by atoms with Gasteiger partial charge in [-0.25, -0.2) is 0 Å². The van der Waals surface area contributed by atoms with Gasteiger partial charge >= 0.3 is 0 Å². The van der Waals surface area contributed by atoms with Gasteiger partial charge in [0.2, 0.25) is 5.91 Å². The molecule has 1 amide bonds. The first-order valence-electron chi connectivity index (χ1n) is 8.14. The average molecular weight is 327 g/mol. The van der Waals surface area contributed by atoms with Gasteiger partial charge in [-0.3, -0.25) is 4.79 Å². The molecule has 5 heteroatoms. The lowest BCUT2D eigenvalue weighted by molar-refractivity contribution is -0.121. The van der Waals surface area contributed by atoms with Gasteiger partial charge in [0.05, 0.1) is 18.9 Å². The fraction of sp³-hybridized carbons (Fsp3) is 0.316. The van der Waals surface area contributed by atoms with E-state index in [1.54, 1.807) is 6.26 Å². The lowest BCUT2D eigenvalue weighted by Crippen LogP contribution is -2.26. The van der Waals surface area contributed by atoms with Crippen molar-refractivity contribution >= 4 is 16.9 Å². The van der Waals surface area contributed by atoms with Crippen LogP contribution in [0.4, 0.5) is 0 Å². The van der Waals surface area contributed by atoms with Crippen LogP contribution in [0.15, 0.2) is 51.5 Å². The number of furan rings is 2. The SMILES string of the molecule is CCOc1cccc2cc(C(C)NC(=O)CCc3ccco3)oc12. The number of carbonyl (C=O) groups is 1. The quantitative estimate of drug-likeness (QED) is 0.705. The highest BCUT2D eigenvalue weighted by molar-refractivity contribution is 5.84. The summed E-state index contributed by atoms with van der Waals surface area (Å²) in [6, 6.07) is 11.2. The van der Waals surface area contributed by atoms with Gasteiger partial charge in [0, 0.05) is 18.2 Å². The number of amides is 1. The predicted octanol–water partition coefficient (Wildman–Crippen LogP) is 4.23. The van der Waals surface area contributed by atoms with E-state index in [2.05, 4.69) is 5.32 Å². The van der Waals surface area contributed by atoms with Gasteiger partial charge in [-0.15, -0.1) is 0 Å². The number of aryl methyl sites for hydroxylation is 1. The normalized spacial score (nSPS) is 12.2. The summed E-state index contributed by atoms with van der Waals surface area (Å²) in [4.78, 5) is 12.1. The number of nitrogens with one attached hydrogen (secondary N) is 1. The molecule has 2 aromatic heterocycles. The second-order valence-corrected chi connectivity index (χ2v) is 5.62. The molecule has 1 atom stereocenters. The Kier molecular flexibility index (Phi) is 4.89. The van der Waals surface area contributed by atoms with Crippen LogP contribution in [0.5, 0.6) is 5.75 Å². The van der Waals surface area contributed by atoms with E-state index < -0.39 is 0 Å². The van der Waals surface area contributed by atoms with E-state index >= 15 is 0 Å². The first kappa shape index (κ1) is 16.2. The zero-order chi connectivity index (χ0) is 16.9. The van der Waals surface area contributed by atoms with Gasteiger partial charge in [-0.2, -0.15) is 0 Å². The van der Waals surface area contributed by atoms with Crippen molar-refractivity contribution in [1.29, 1.82) is 0 Å². The average Bonchev–Trinajstić information content (AvgIpc) is 3.23. The van der Waals surface area contributed by atoms with E-state index in [1.807, 2.05) is 50.2 Å². The number of ether oxygens (including phenoxy) is 1. The van der Waals surface area contributed by atoms with E-state index in [0.717, 1.165) is 16.9 Å². The summed E-state index contributed by atoms with van der Waals surface area (Å²) < 4.78 is 16.7. The first-order chi connectivity index (χ1) is 11.7. The van der Waals surface area contributed by atoms with E-state index in [-0.39, 0.29) is 11.9 Å². The largest absolute Gasteiger partial charge is 0.490 e. The maximum absolute atomic E-state index is 12.1. The highest BCUT2D eigenvalue weighted by Crippen LogP contribution is 2.31. The first-order valence-corrected chi connectivity index (χ1v) is 8.14.